The van der Waals surface area contributed by atoms with E-state index in [1.54, 1.807) is 0 Å². The van der Waals surface area contributed by atoms with Gasteiger partial charge in [-0.05, 0) is 12.8 Å². The van der Waals surface area contributed by atoms with E-state index in [4.69, 9.17) is 10.9 Å². The molecule has 1 aliphatic carbocycles. The van der Waals surface area contributed by atoms with Crippen LogP contribution >= 0.6 is 0 Å². The summed E-state index contributed by atoms with van der Waals surface area (Å²) in [5.41, 5.74) is 5.86. The van der Waals surface area contributed by atoms with E-state index in [0.717, 1.165) is 32.1 Å². The predicted octanol–water partition coefficient (Wildman–Crippen LogP) is 0.742. The van der Waals surface area contributed by atoms with Gasteiger partial charge in [-0.15, -0.1) is 0 Å². The molecule has 1 fully saturated rings. The molecule has 0 bridgehead atoms. The van der Waals surface area contributed by atoms with Gasteiger partial charge in [0.2, 0.25) is 5.91 Å². The third-order valence-corrected chi connectivity index (χ3v) is 2.71. The second kappa shape index (κ2) is 4.58. The number of rotatable bonds is 1. The van der Waals surface area contributed by atoms with E-state index < -0.39 is 0 Å². The van der Waals surface area contributed by atoms with Crippen LogP contribution in [0.5, 0.6) is 0 Å². The van der Waals surface area contributed by atoms with Crippen molar-refractivity contribution >= 4 is 5.91 Å². The van der Waals surface area contributed by atoms with Crippen LogP contribution in [0.15, 0.2) is 0 Å². The Labute approximate surface area is 78.7 Å². The number of nitrogens with zero attached hydrogens (tertiary/aromatic N) is 1. The molecule has 1 saturated carbocycles. The Morgan fingerprint density at radius 2 is 2.00 bits per heavy atom. The first kappa shape index (κ1) is 10.5. The molecule has 13 heavy (non-hydrogen) atoms. The fourth-order valence-corrected chi connectivity index (χ4v) is 1.88. The molecule has 0 spiro atoms. The lowest BCUT2D eigenvalue weighted by Crippen LogP contribution is -2.40. The molecule has 0 radical (unpaired) electrons. The topological polar surface area (TPSA) is 66.6 Å². The van der Waals surface area contributed by atoms with Crippen LogP contribution < -0.4 is 5.73 Å². The zero-order valence-corrected chi connectivity index (χ0v) is 8.07. The normalized spacial score (nSPS) is 29.5. The molecular formula is C9H18N2O2. The number of hydroxylamine groups is 2. The Hall–Kier alpha value is -0.610. The first-order valence-corrected chi connectivity index (χ1v) is 4.85. The van der Waals surface area contributed by atoms with E-state index in [0.29, 0.717) is 5.06 Å². The lowest BCUT2D eigenvalue weighted by molar-refractivity contribution is -0.165. The number of hydrogen-bond acceptors (Lipinski definition) is 3. The molecule has 0 aromatic carbocycles. The highest BCUT2D eigenvalue weighted by atomic mass is 16.5. The molecule has 1 aliphatic rings. The number of hydrogen-bond donors (Lipinski definition) is 2. The molecule has 3 N–H and O–H groups in total. The van der Waals surface area contributed by atoms with E-state index in [9.17, 15) is 4.79 Å². The highest BCUT2D eigenvalue weighted by Crippen LogP contribution is 2.23. The Morgan fingerprint density at radius 1 is 1.38 bits per heavy atom. The van der Waals surface area contributed by atoms with Crippen LogP contribution in [0.25, 0.3) is 0 Å². The first-order chi connectivity index (χ1) is 6.13. The SMILES string of the molecule is CN(O)C(=O)C1CCCCCC1N. The fraction of sp³-hybridized carbons (Fsp3) is 0.889. The molecule has 0 aromatic rings. The molecule has 0 aliphatic heterocycles. The van der Waals surface area contributed by atoms with Crippen LogP contribution in [0, 0.1) is 5.92 Å². The second-order valence-corrected chi connectivity index (χ2v) is 3.77. The van der Waals surface area contributed by atoms with Gasteiger partial charge in [0.25, 0.3) is 0 Å². The van der Waals surface area contributed by atoms with Gasteiger partial charge in [-0.25, -0.2) is 5.06 Å². The molecule has 4 nitrogen and oxygen atoms in total. The summed E-state index contributed by atoms with van der Waals surface area (Å²) in [5.74, 6) is -0.424. The van der Waals surface area contributed by atoms with Gasteiger partial charge >= 0.3 is 0 Å². The third kappa shape index (κ3) is 2.67. The molecule has 1 amide bonds. The average Bonchev–Trinajstić information content (AvgIpc) is 2.28. The smallest absolute Gasteiger partial charge is 0.250 e. The van der Waals surface area contributed by atoms with Crippen molar-refractivity contribution in [3.05, 3.63) is 0 Å². The Balaban J connectivity index is 2.58. The molecule has 4 heteroatoms. The van der Waals surface area contributed by atoms with Crippen molar-refractivity contribution in [2.45, 2.75) is 38.1 Å². The molecule has 2 atom stereocenters. The van der Waals surface area contributed by atoms with Crippen molar-refractivity contribution < 1.29 is 10.0 Å². The largest absolute Gasteiger partial charge is 0.327 e. The van der Waals surface area contributed by atoms with Crippen LogP contribution in [-0.4, -0.2) is 29.3 Å². The zero-order chi connectivity index (χ0) is 9.84. The van der Waals surface area contributed by atoms with Gasteiger partial charge < -0.3 is 5.73 Å². The Bertz CT molecular complexity index is 182. The van der Waals surface area contributed by atoms with Crippen molar-refractivity contribution in [3.63, 3.8) is 0 Å². The summed E-state index contributed by atoms with van der Waals surface area (Å²) in [6.07, 6.45) is 4.99. The van der Waals surface area contributed by atoms with Crippen molar-refractivity contribution in [1.29, 1.82) is 0 Å². The number of carbonyl (C=O) groups is 1. The van der Waals surface area contributed by atoms with E-state index in [1.807, 2.05) is 0 Å². The number of nitrogens with two attached hydrogens (primary N) is 1. The van der Waals surface area contributed by atoms with E-state index in [1.165, 1.54) is 7.05 Å². The summed E-state index contributed by atoms with van der Waals surface area (Å²) in [6, 6.07) is -0.0791. The maximum absolute atomic E-state index is 11.5. The summed E-state index contributed by atoms with van der Waals surface area (Å²) in [6.45, 7) is 0. The first-order valence-electron chi connectivity index (χ1n) is 4.85. The summed E-state index contributed by atoms with van der Waals surface area (Å²) in [7, 11) is 1.36. The van der Waals surface area contributed by atoms with Gasteiger partial charge in [0, 0.05) is 13.1 Å². The van der Waals surface area contributed by atoms with Crippen LogP contribution in [0.3, 0.4) is 0 Å². The minimum atomic E-state index is -0.241. The van der Waals surface area contributed by atoms with Gasteiger partial charge in [0.1, 0.15) is 0 Å². The van der Waals surface area contributed by atoms with Gasteiger partial charge in [0.05, 0.1) is 5.92 Å². The molecule has 0 aromatic heterocycles. The molecule has 76 valence electrons. The molecular weight excluding hydrogens is 168 g/mol. The maximum atomic E-state index is 11.5. The number of carbonyl (C=O) groups excluding carboxylic acids is 1. The van der Waals surface area contributed by atoms with E-state index >= 15 is 0 Å². The maximum Gasteiger partial charge on any atom is 0.250 e. The van der Waals surface area contributed by atoms with Crippen molar-refractivity contribution in [3.8, 4) is 0 Å². The van der Waals surface area contributed by atoms with Gasteiger partial charge in [-0.2, -0.15) is 0 Å². The number of amides is 1. The van der Waals surface area contributed by atoms with Crippen LogP contribution in [0.2, 0.25) is 0 Å². The standard InChI is InChI=1S/C9H18N2O2/c1-11(13)9(12)7-5-3-2-4-6-8(7)10/h7-8,13H,2-6,10H2,1H3. The quantitative estimate of drug-likeness (QED) is 0.360. The minimum Gasteiger partial charge on any atom is -0.327 e. The van der Waals surface area contributed by atoms with Crippen LogP contribution in [-0.2, 0) is 4.79 Å². The van der Waals surface area contributed by atoms with Gasteiger partial charge in [0.15, 0.2) is 0 Å². The van der Waals surface area contributed by atoms with E-state index in [-0.39, 0.29) is 17.9 Å². The van der Waals surface area contributed by atoms with Crippen LogP contribution in [0.4, 0.5) is 0 Å². The second-order valence-electron chi connectivity index (χ2n) is 3.77. The third-order valence-electron chi connectivity index (χ3n) is 2.71. The summed E-state index contributed by atoms with van der Waals surface area (Å²) >= 11 is 0. The Kier molecular flexibility index (Phi) is 3.69. The molecule has 2 unspecified atom stereocenters. The van der Waals surface area contributed by atoms with Crippen molar-refractivity contribution in [2.75, 3.05) is 7.05 Å². The monoisotopic (exact) mass is 186 g/mol. The summed E-state index contributed by atoms with van der Waals surface area (Å²) in [4.78, 5) is 11.5. The molecule has 0 saturated heterocycles. The van der Waals surface area contributed by atoms with Gasteiger partial charge in [-0.3, -0.25) is 10.0 Å². The lowest BCUT2D eigenvalue weighted by atomic mass is 9.95. The van der Waals surface area contributed by atoms with Crippen molar-refractivity contribution in [1.82, 2.24) is 5.06 Å². The fourth-order valence-electron chi connectivity index (χ4n) is 1.88. The predicted molar refractivity (Wildman–Crippen MR) is 49.1 cm³/mol. The van der Waals surface area contributed by atoms with Crippen molar-refractivity contribution in [2.24, 2.45) is 11.7 Å². The minimum absolute atomic E-state index is 0.0791. The Morgan fingerprint density at radius 3 is 2.62 bits per heavy atom. The van der Waals surface area contributed by atoms with Gasteiger partial charge in [-0.1, -0.05) is 19.3 Å². The zero-order valence-electron chi connectivity index (χ0n) is 8.07. The highest BCUT2D eigenvalue weighted by molar-refractivity contribution is 5.78. The summed E-state index contributed by atoms with van der Waals surface area (Å²) < 4.78 is 0. The average molecular weight is 186 g/mol. The van der Waals surface area contributed by atoms with E-state index in [2.05, 4.69) is 0 Å². The highest BCUT2D eigenvalue weighted by Gasteiger charge is 2.28. The summed E-state index contributed by atoms with van der Waals surface area (Å²) in [5, 5.41) is 9.67. The molecule has 1 rings (SSSR count). The molecule has 0 heterocycles. The van der Waals surface area contributed by atoms with Crippen LogP contribution in [0.1, 0.15) is 32.1 Å². The lowest BCUT2D eigenvalue weighted by Gasteiger charge is -2.22.